The maximum Gasteiger partial charge on any atom is 0.336 e. The summed E-state index contributed by atoms with van der Waals surface area (Å²) in [5.41, 5.74) is 6.32. The second kappa shape index (κ2) is 33.8. The lowest BCUT2D eigenvalue weighted by Gasteiger charge is -2.30. The molecule has 3 atom stereocenters. The van der Waals surface area contributed by atoms with E-state index in [-0.39, 0.29) is 84.8 Å². The third kappa shape index (κ3) is 20.3. The van der Waals surface area contributed by atoms with Crippen molar-refractivity contribution in [2.45, 2.75) is 130 Å². The van der Waals surface area contributed by atoms with Gasteiger partial charge in [-0.05, 0) is 132 Å². The number of carbonyl (C=O) groups is 7. The lowest BCUT2D eigenvalue weighted by Crippen LogP contribution is -2.49. The lowest BCUT2D eigenvalue weighted by atomic mass is 9.84. The number of fused-ring (bicyclic) bond motifs is 2. The second-order valence-electron chi connectivity index (χ2n) is 19.8. The zero-order valence-electron chi connectivity index (χ0n) is 47.2. The van der Waals surface area contributed by atoms with Gasteiger partial charge in [0.25, 0.3) is 6.47 Å². The molecule has 21 heteroatoms. The molecule has 1 heterocycles. The Kier molecular flexibility index (Phi) is 26.8. The van der Waals surface area contributed by atoms with Gasteiger partial charge in [0.05, 0.1) is 17.7 Å². The molecule has 0 bridgehead atoms. The van der Waals surface area contributed by atoms with Crippen LogP contribution in [0.25, 0.3) is 5.57 Å². The van der Waals surface area contributed by atoms with Crippen molar-refractivity contribution in [3.05, 3.63) is 113 Å². The van der Waals surface area contributed by atoms with E-state index in [0.29, 0.717) is 55.0 Å². The number of thiocarbonyl (C=S) groups is 2. The number of carboxylic acid groups (broad SMARTS) is 3. The first kappa shape index (κ1) is 65.0. The van der Waals surface area contributed by atoms with E-state index in [4.69, 9.17) is 39.0 Å². The zero-order valence-corrected chi connectivity index (χ0v) is 48.8. The molecule has 0 spiro atoms. The number of unbranched alkanes of at least 4 members (excludes halogenated alkanes) is 4. The number of carboxylic acids is 3. The molecule has 5 rings (SSSR count). The quantitative estimate of drug-likeness (QED) is 0.00981. The van der Waals surface area contributed by atoms with Crippen LogP contribution in [0.5, 0.6) is 11.5 Å². The van der Waals surface area contributed by atoms with Crippen molar-refractivity contribution in [3.8, 4) is 11.5 Å². The Hall–Kier alpha value is -7.78. The minimum Gasteiger partial charge on any atom is -0.481 e. The van der Waals surface area contributed by atoms with Crippen molar-refractivity contribution in [1.29, 1.82) is 0 Å². The molecule has 1 aliphatic carbocycles. The molecule has 3 aromatic rings. The first-order chi connectivity index (χ1) is 39.5. The van der Waals surface area contributed by atoms with Crippen molar-refractivity contribution in [2.75, 3.05) is 49.1 Å². The van der Waals surface area contributed by atoms with E-state index < -0.39 is 36.1 Å². The summed E-state index contributed by atoms with van der Waals surface area (Å²) in [6.07, 6.45) is 8.54. The molecule has 0 radical (unpaired) electrons. The number of hydrogen-bond acceptors (Lipinski definition) is 13. The number of anilines is 2. The van der Waals surface area contributed by atoms with Gasteiger partial charge in [0, 0.05) is 117 Å². The molecule has 2 aliphatic rings. The highest BCUT2D eigenvalue weighted by atomic mass is 32.1. The van der Waals surface area contributed by atoms with Crippen LogP contribution in [0.4, 0.5) is 11.4 Å². The summed E-state index contributed by atoms with van der Waals surface area (Å²) in [5, 5.41) is 40.4. The monoisotopic (exact) mass is 1160 g/mol. The van der Waals surface area contributed by atoms with Gasteiger partial charge in [0.15, 0.2) is 16.5 Å². The molecular weight excluding hydrogens is 1090 g/mol. The predicted molar refractivity (Wildman–Crippen MR) is 325 cm³/mol. The Balaban J connectivity index is 1.07. The zero-order chi connectivity index (χ0) is 59.6. The number of nitrogens with zero attached hydrogens (tertiary/aromatic N) is 3. The Morgan fingerprint density at radius 2 is 1.30 bits per heavy atom. The van der Waals surface area contributed by atoms with Gasteiger partial charge < -0.3 is 55.9 Å². The number of rotatable bonds is 35. The Morgan fingerprint density at radius 3 is 1.90 bits per heavy atom. The summed E-state index contributed by atoms with van der Waals surface area (Å²) < 4.78 is 11.4. The number of Topliss-reactive ketones (excluding diaryl/α,β-unsaturated/α-hetero) is 2. The van der Waals surface area contributed by atoms with Gasteiger partial charge in [0.2, 0.25) is 5.91 Å². The summed E-state index contributed by atoms with van der Waals surface area (Å²) in [4.78, 5) is 95.1. The van der Waals surface area contributed by atoms with Gasteiger partial charge in [-0.1, -0.05) is 55.7 Å². The number of benzene rings is 3. The number of amides is 1. The van der Waals surface area contributed by atoms with Crippen molar-refractivity contribution < 1.29 is 58.4 Å². The molecule has 0 aromatic heterocycles. The van der Waals surface area contributed by atoms with E-state index in [0.717, 1.165) is 85.5 Å². The highest BCUT2D eigenvalue weighted by molar-refractivity contribution is 7.80. The number of aliphatic imine (C=N–C) groups is 1. The van der Waals surface area contributed by atoms with Gasteiger partial charge >= 0.3 is 17.9 Å². The van der Waals surface area contributed by atoms with E-state index in [1.807, 2.05) is 66.7 Å². The second-order valence-corrected chi connectivity index (χ2v) is 20.6. The molecule has 19 nitrogen and oxygen atoms in total. The number of carbonyl (C=O) groups excluding carboxylic acids is 4. The number of hydrogen-bond donors (Lipinski definition) is 7. The molecule has 0 unspecified atom stereocenters. The van der Waals surface area contributed by atoms with Crippen molar-refractivity contribution in [3.63, 3.8) is 0 Å². The Bertz CT molecular complexity index is 2820. The van der Waals surface area contributed by atoms with E-state index in [2.05, 4.69) is 63.8 Å². The first-order valence-corrected chi connectivity index (χ1v) is 29.0. The van der Waals surface area contributed by atoms with Crippen molar-refractivity contribution in [1.82, 2.24) is 21.3 Å². The molecule has 82 heavy (non-hydrogen) atoms. The molecule has 440 valence electrons. The first-order valence-electron chi connectivity index (χ1n) is 28.1. The lowest BCUT2D eigenvalue weighted by molar-refractivity contribution is -0.141. The minimum absolute atomic E-state index is 0.0165. The van der Waals surface area contributed by atoms with Crippen molar-refractivity contribution in [2.24, 2.45) is 10.9 Å². The van der Waals surface area contributed by atoms with Crippen LogP contribution < -0.4 is 35.8 Å². The SMILES string of the molecule is CCN(CC)c1ccc2c(c1)Oc1cc(N(CC)CC)ccc1C2=C1C=CC(=NC(=S)NCCCCCCCC(=O)C[C@@H](Cc2ccccc2)C(=O)NCCCC(=O)CC[C@H](NC(=S)N[C@@H](CCC(=O)O)OC=O)C(=O)O)C=C1C(=O)O. The largest absolute Gasteiger partial charge is 0.481 e. The molecule has 7 N–H and O–H groups in total. The minimum atomic E-state index is -1.28. The molecule has 0 fully saturated rings. The fraction of sp³-hybridized carbons (Fsp3) is 0.443. The maximum atomic E-state index is 13.5. The third-order valence-electron chi connectivity index (χ3n) is 14.1. The molecule has 0 saturated heterocycles. The molecule has 3 aromatic carbocycles. The molecule has 1 amide bonds. The number of nitrogens with one attached hydrogen (secondary N) is 4. The molecular formula is C61H77N7O12S2. The Labute approximate surface area is 490 Å². The van der Waals surface area contributed by atoms with E-state index in [1.54, 1.807) is 18.2 Å². The predicted octanol–water partition coefficient (Wildman–Crippen LogP) is 8.87. The average molecular weight is 1160 g/mol. The van der Waals surface area contributed by atoms with Crippen molar-refractivity contribution >= 4 is 99.2 Å². The normalized spacial score (nSPS) is 13.9. The summed E-state index contributed by atoms with van der Waals surface area (Å²) in [7, 11) is 0. The van der Waals surface area contributed by atoms with Crippen LogP contribution in [0.15, 0.2) is 101 Å². The van der Waals surface area contributed by atoms with Gasteiger partial charge in [0.1, 0.15) is 29.1 Å². The maximum absolute atomic E-state index is 13.5. The average Bonchev–Trinajstić information content (AvgIpc) is 3.55. The fourth-order valence-corrected chi connectivity index (χ4v) is 10.2. The van der Waals surface area contributed by atoms with Crippen LogP contribution in [0.2, 0.25) is 0 Å². The summed E-state index contributed by atoms with van der Waals surface area (Å²) in [6, 6.07) is 20.3. The van der Waals surface area contributed by atoms with Gasteiger partial charge in [-0.2, -0.15) is 0 Å². The van der Waals surface area contributed by atoms with Crippen LogP contribution >= 0.6 is 24.4 Å². The van der Waals surface area contributed by atoms with Crippen LogP contribution in [-0.4, -0.2) is 125 Å². The Morgan fingerprint density at radius 1 is 0.695 bits per heavy atom. The van der Waals surface area contributed by atoms with Gasteiger partial charge in [-0.3, -0.25) is 24.0 Å². The number of aliphatic carboxylic acids is 3. The number of ketones is 2. The standard InChI is InChI=1S/C61H77N7O12S2/c1-5-67(6-2)43-23-27-48-52(37-43)80-53-38-44(68(7-3)8-4)24-28-49(53)56(48)47-26-22-42(36-50(47)58(75)76)64-60(81)63-32-16-11-9-10-15-20-46(71)35-41(34-40-18-13-12-14-19-40)57(74)62-33-17-21-45(70)25-29-51(59(77)78)65-61(82)66-54(79-39-69)30-31-55(72)73/h12-14,18-19,22-24,26-28,36-39,41,51,54H,5-11,15-17,20-21,25,29-35H2,1-4H3,(H,62,74)(H,63,81)(H,72,73)(H,75,76)(H,77,78)(H2,65,66,82)/t41-,51+,54-/m1/s1. The topological polar surface area (TPSA) is 266 Å². The molecule has 1 aliphatic heterocycles. The van der Waals surface area contributed by atoms with E-state index >= 15 is 0 Å². The van der Waals surface area contributed by atoms with Crippen LogP contribution in [0, 0.1) is 5.92 Å². The summed E-state index contributed by atoms with van der Waals surface area (Å²) >= 11 is 10.7. The van der Waals surface area contributed by atoms with E-state index in [1.165, 1.54) is 0 Å². The van der Waals surface area contributed by atoms with Gasteiger partial charge in [-0.25, -0.2) is 14.6 Å². The summed E-state index contributed by atoms with van der Waals surface area (Å²) in [5.74, 6) is -3.35. The smallest absolute Gasteiger partial charge is 0.336 e. The number of ether oxygens (including phenoxy) is 2. The van der Waals surface area contributed by atoms with E-state index in [9.17, 15) is 43.8 Å². The van der Waals surface area contributed by atoms with Gasteiger partial charge in [-0.15, -0.1) is 0 Å². The highest BCUT2D eigenvalue weighted by Gasteiger charge is 2.30. The third-order valence-corrected chi connectivity index (χ3v) is 14.6. The highest BCUT2D eigenvalue weighted by Crippen LogP contribution is 2.49. The number of allylic oxidation sites excluding steroid dienone is 3. The molecule has 0 saturated carbocycles. The van der Waals surface area contributed by atoms with Crippen LogP contribution in [0.1, 0.15) is 128 Å². The van der Waals surface area contributed by atoms with Crippen LogP contribution in [0.3, 0.4) is 0 Å². The van der Waals surface area contributed by atoms with Crippen LogP contribution in [-0.2, 0) is 44.7 Å². The fourth-order valence-electron chi connectivity index (χ4n) is 9.76. The summed E-state index contributed by atoms with van der Waals surface area (Å²) in [6.45, 7) is 12.6.